The Morgan fingerprint density at radius 2 is 2.12 bits per heavy atom. The van der Waals surface area contributed by atoms with E-state index in [4.69, 9.17) is 0 Å². The largest absolute Gasteiger partial charge is 0.373 e. The predicted molar refractivity (Wildman–Crippen MR) is 75.8 cm³/mol. The third-order valence-electron chi connectivity index (χ3n) is 2.84. The lowest BCUT2D eigenvalue weighted by Crippen LogP contribution is -2.04. The molecule has 0 aliphatic carbocycles. The Labute approximate surface area is 109 Å². The molecule has 1 heterocycles. The van der Waals surface area contributed by atoms with E-state index in [1.54, 1.807) is 6.33 Å². The van der Waals surface area contributed by atoms with E-state index in [9.17, 15) is 0 Å². The van der Waals surface area contributed by atoms with Gasteiger partial charge >= 0.3 is 0 Å². The zero-order valence-electron chi connectivity index (χ0n) is 11.3. The van der Waals surface area contributed by atoms with E-state index in [2.05, 4.69) is 36.1 Å². The summed E-state index contributed by atoms with van der Waals surface area (Å²) in [5, 5.41) is 4.30. The molecule has 17 heavy (non-hydrogen) atoms. The first-order chi connectivity index (χ1) is 8.22. The van der Waals surface area contributed by atoms with Gasteiger partial charge in [-0.05, 0) is 12.3 Å². The van der Waals surface area contributed by atoms with Crippen molar-refractivity contribution < 1.29 is 0 Å². The summed E-state index contributed by atoms with van der Waals surface area (Å²) < 4.78 is 0. The van der Waals surface area contributed by atoms with Crippen molar-refractivity contribution in [2.45, 2.75) is 45.1 Å². The summed E-state index contributed by atoms with van der Waals surface area (Å²) >= 11 is 1.86. The Hall–Kier alpha value is -0.770. The van der Waals surface area contributed by atoms with Crippen LogP contribution in [-0.4, -0.2) is 22.8 Å². The summed E-state index contributed by atoms with van der Waals surface area (Å²) in [4.78, 5) is 8.71. The highest BCUT2D eigenvalue weighted by Crippen LogP contribution is 2.27. The van der Waals surface area contributed by atoms with E-state index >= 15 is 0 Å². The summed E-state index contributed by atoms with van der Waals surface area (Å²) in [6, 6.07) is 0. The predicted octanol–water partition coefficient (Wildman–Crippen LogP) is 3.61. The number of thioether (sulfide) groups is 1. The molecule has 0 radical (unpaired) electrons. The molecule has 0 spiro atoms. The van der Waals surface area contributed by atoms with Crippen LogP contribution in [0.2, 0.25) is 0 Å². The van der Waals surface area contributed by atoms with E-state index < -0.39 is 0 Å². The Kier molecular flexibility index (Phi) is 6.34. The summed E-state index contributed by atoms with van der Waals surface area (Å²) in [5.74, 6) is 2.85. The number of aromatic nitrogens is 2. The highest BCUT2D eigenvalue weighted by Gasteiger charge is 2.11. The minimum Gasteiger partial charge on any atom is -0.373 e. The van der Waals surface area contributed by atoms with Gasteiger partial charge in [-0.25, -0.2) is 9.97 Å². The van der Waals surface area contributed by atoms with Gasteiger partial charge in [-0.15, -0.1) is 11.8 Å². The number of hydrogen-bond donors (Lipinski definition) is 1. The van der Waals surface area contributed by atoms with E-state index in [1.165, 1.54) is 12.0 Å². The maximum absolute atomic E-state index is 4.42. The van der Waals surface area contributed by atoms with Crippen LogP contribution in [-0.2, 0) is 6.42 Å². The Morgan fingerprint density at radius 1 is 1.35 bits per heavy atom. The van der Waals surface area contributed by atoms with Crippen LogP contribution in [0.1, 0.15) is 39.2 Å². The second-order valence-corrected chi connectivity index (χ2v) is 5.34. The molecule has 4 heteroatoms. The zero-order chi connectivity index (χ0) is 12.7. The minimum atomic E-state index is 0.738. The molecule has 0 saturated heterocycles. The van der Waals surface area contributed by atoms with Crippen LogP contribution in [0.4, 0.5) is 5.82 Å². The van der Waals surface area contributed by atoms with Gasteiger partial charge in [0.2, 0.25) is 0 Å². The van der Waals surface area contributed by atoms with Crippen LogP contribution >= 0.6 is 11.8 Å². The third-order valence-corrected chi connectivity index (χ3v) is 4.21. The van der Waals surface area contributed by atoms with Gasteiger partial charge in [-0.2, -0.15) is 0 Å². The number of hydrogen-bond acceptors (Lipinski definition) is 4. The van der Waals surface area contributed by atoms with Gasteiger partial charge in [0.25, 0.3) is 0 Å². The van der Waals surface area contributed by atoms with E-state index in [0.717, 1.165) is 35.4 Å². The summed E-state index contributed by atoms with van der Waals surface area (Å²) in [6.45, 7) is 6.71. The van der Waals surface area contributed by atoms with Crippen molar-refractivity contribution in [3.8, 4) is 0 Å². The first-order valence-corrected chi connectivity index (χ1v) is 7.35. The SMILES string of the molecule is CCCc1c(NC)ncnc1SCC(C)CC. The number of nitrogens with one attached hydrogen (secondary N) is 1. The van der Waals surface area contributed by atoms with E-state index in [0.29, 0.717) is 0 Å². The molecule has 96 valence electrons. The third kappa shape index (κ3) is 4.19. The van der Waals surface area contributed by atoms with Crippen molar-refractivity contribution >= 4 is 17.6 Å². The van der Waals surface area contributed by atoms with E-state index in [-0.39, 0.29) is 0 Å². The molecule has 0 aliphatic heterocycles. The fraction of sp³-hybridized carbons (Fsp3) is 0.692. The molecule has 1 aromatic rings. The number of nitrogens with zero attached hydrogens (tertiary/aromatic N) is 2. The fourth-order valence-electron chi connectivity index (χ4n) is 1.55. The van der Waals surface area contributed by atoms with Crippen molar-refractivity contribution in [1.82, 2.24) is 9.97 Å². The molecule has 0 saturated carbocycles. The molecular weight excluding hydrogens is 230 g/mol. The number of anilines is 1. The van der Waals surface area contributed by atoms with Crippen molar-refractivity contribution in [3.63, 3.8) is 0 Å². The zero-order valence-corrected chi connectivity index (χ0v) is 12.1. The molecular formula is C13H23N3S. The Balaban J connectivity index is 2.82. The van der Waals surface area contributed by atoms with Crippen LogP contribution in [0.25, 0.3) is 0 Å². The van der Waals surface area contributed by atoms with Gasteiger partial charge in [0.15, 0.2) is 0 Å². The van der Waals surface area contributed by atoms with Gasteiger partial charge in [0.05, 0.1) is 0 Å². The fourth-order valence-corrected chi connectivity index (χ4v) is 2.72. The lowest BCUT2D eigenvalue weighted by atomic mass is 10.2. The molecule has 0 fully saturated rings. The average Bonchev–Trinajstić information content (AvgIpc) is 2.37. The molecule has 0 bridgehead atoms. The molecule has 3 nitrogen and oxygen atoms in total. The Morgan fingerprint density at radius 3 is 2.71 bits per heavy atom. The molecule has 1 rings (SSSR count). The molecule has 1 unspecified atom stereocenters. The van der Waals surface area contributed by atoms with E-state index in [1.807, 2.05) is 18.8 Å². The molecule has 1 aromatic heterocycles. The molecule has 1 N–H and O–H groups in total. The summed E-state index contributed by atoms with van der Waals surface area (Å²) in [7, 11) is 1.92. The van der Waals surface area contributed by atoms with Gasteiger partial charge in [-0.3, -0.25) is 0 Å². The maximum atomic E-state index is 4.42. The van der Waals surface area contributed by atoms with Crippen LogP contribution in [0.15, 0.2) is 11.4 Å². The first kappa shape index (κ1) is 14.3. The van der Waals surface area contributed by atoms with Crippen molar-refractivity contribution in [2.24, 2.45) is 5.92 Å². The Bertz CT molecular complexity index is 341. The highest BCUT2D eigenvalue weighted by molar-refractivity contribution is 7.99. The molecule has 0 aliphatic rings. The summed E-state index contributed by atoms with van der Waals surface area (Å²) in [6.07, 6.45) is 5.04. The minimum absolute atomic E-state index is 0.738. The quantitative estimate of drug-likeness (QED) is 0.595. The molecule has 0 amide bonds. The van der Waals surface area contributed by atoms with Crippen molar-refractivity contribution in [2.75, 3.05) is 18.1 Å². The van der Waals surface area contributed by atoms with Crippen LogP contribution in [0.5, 0.6) is 0 Å². The lowest BCUT2D eigenvalue weighted by molar-refractivity contribution is 0.636. The number of rotatable bonds is 7. The van der Waals surface area contributed by atoms with Gasteiger partial charge < -0.3 is 5.32 Å². The summed E-state index contributed by atoms with van der Waals surface area (Å²) in [5.41, 5.74) is 1.27. The standard InChI is InChI=1S/C13H23N3S/c1-5-7-11-12(14-4)15-9-16-13(11)17-8-10(3)6-2/h9-10H,5-8H2,1-4H3,(H,14,15,16). The van der Waals surface area contributed by atoms with Crippen LogP contribution < -0.4 is 5.32 Å². The topological polar surface area (TPSA) is 37.8 Å². The second-order valence-electron chi connectivity index (χ2n) is 4.33. The first-order valence-electron chi connectivity index (χ1n) is 6.37. The van der Waals surface area contributed by atoms with Gasteiger partial charge in [0, 0.05) is 18.4 Å². The van der Waals surface area contributed by atoms with Gasteiger partial charge in [0.1, 0.15) is 17.2 Å². The monoisotopic (exact) mass is 253 g/mol. The average molecular weight is 253 g/mol. The maximum Gasteiger partial charge on any atom is 0.133 e. The van der Waals surface area contributed by atoms with Crippen molar-refractivity contribution in [1.29, 1.82) is 0 Å². The molecule has 0 aromatic carbocycles. The lowest BCUT2D eigenvalue weighted by Gasteiger charge is -2.13. The van der Waals surface area contributed by atoms with Crippen LogP contribution in [0.3, 0.4) is 0 Å². The van der Waals surface area contributed by atoms with Crippen LogP contribution in [0, 0.1) is 5.92 Å². The smallest absolute Gasteiger partial charge is 0.133 e. The van der Waals surface area contributed by atoms with Crippen molar-refractivity contribution in [3.05, 3.63) is 11.9 Å². The van der Waals surface area contributed by atoms with Gasteiger partial charge in [-0.1, -0.05) is 33.6 Å². The highest BCUT2D eigenvalue weighted by atomic mass is 32.2. The second kappa shape index (κ2) is 7.54. The molecule has 1 atom stereocenters. The normalized spacial score (nSPS) is 12.5.